The summed E-state index contributed by atoms with van der Waals surface area (Å²) in [5, 5.41) is 0. The molecule has 0 atom stereocenters. The van der Waals surface area contributed by atoms with Crippen LogP contribution in [0.3, 0.4) is 0 Å². The van der Waals surface area contributed by atoms with Gasteiger partial charge in [0.1, 0.15) is 0 Å². The summed E-state index contributed by atoms with van der Waals surface area (Å²) < 4.78 is 4.83. The Labute approximate surface area is 79.9 Å². The average Bonchev–Trinajstić information content (AvgIpc) is 2.13. The number of esters is 1. The van der Waals surface area contributed by atoms with Crippen molar-refractivity contribution in [3.63, 3.8) is 0 Å². The van der Waals surface area contributed by atoms with Gasteiger partial charge in [-0.1, -0.05) is 13.3 Å². The van der Waals surface area contributed by atoms with Crippen molar-refractivity contribution >= 4 is 5.97 Å². The predicted octanol–water partition coefficient (Wildman–Crippen LogP) is 1.97. The molecule has 0 aromatic heterocycles. The number of rotatable bonds is 5. The van der Waals surface area contributed by atoms with Gasteiger partial charge in [0.15, 0.2) is 0 Å². The van der Waals surface area contributed by atoms with Crippen molar-refractivity contribution in [2.24, 2.45) is 5.73 Å². The van der Waals surface area contributed by atoms with Crippen molar-refractivity contribution in [3.8, 4) is 0 Å². The van der Waals surface area contributed by atoms with E-state index in [1.54, 1.807) is 13.8 Å². The Morgan fingerprint density at radius 3 is 2.46 bits per heavy atom. The van der Waals surface area contributed by atoms with E-state index >= 15 is 0 Å². The molecule has 0 rings (SSSR count). The van der Waals surface area contributed by atoms with Crippen LogP contribution in [-0.4, -0.2) is 12.6 Å². The monoisotopic (exact) mass is 185 g/mol. The van der Waals surface area contributed by atoms with Crippen LogP contribution in [0.2, 0.25) is 0 Å². The highest BCUT2D eigenvalue weighted by molar-refractivity contribution is 5.88. The van der Waals surface area contributed by atoms with Crippen LogP contribution >= 0.6 is 0 Å². The molecule has 0 saturated heterocycles. The molecule has 3 nitrogen and oxygen atoms in total. The fourth-order valence-corrected chi connectivity index (χ4v) is 0.925. The van der Waals surface area contributed by atoms with E-state index in [9.17, 15) is 4.79 Å². The largest absolute Gasteiger partial charge is 0.463 e. The minimum atomic E-state index is -0.295. The lowest BCUT2D eigenvalue weighted by molar-refractivity contribution is -0.138. The number of nitrogens with two attached hydrogens (primary N) is 1. The molecule has 76 valence electrons. The molecule has 2 N–H and O–H groups in total. The highest BCUT2D eigenvalue weighted by Crippen LogP contribution is 2.08. The molecule has 0 aromatic rings. The lowest BCUT2D eigenvalue weighted by atomic mass is 10.1. The summed E-state index contributed by atoms with van der Waals surface area (Å²) in [6, 6.07) is 0. The molecule has 0 heterocycles. The summed E-state index contributed by atoms with van der Waals surface area (Å²) in [6.45, 7) is 5.99. The first-order chi connectivity index (χ1) is 6.13. The summed E-state index contributed by atoms with van der Waals surface area (Å²) in [7, 11) is 0. The Morgan fingerprint density at radius 2 is 2.00 bits per heavy atom. The maximum atomic E-state index is 11.2. The molecule has 0 amide bonds. The number of hydrogen-bond acceptors (Lipinski definition) is 3. The molecule has 0 aliphatic rings. The number of unbranched alkanes of at least 4 members (excludes halogenated alkanes) is 1. The molecule has 0 fully saturated rings. The number of carbonyl (C=O) groups is 1. The summed E-state index contributed by atoms with van der Waals surface area (Å²) in [4.78, 5) is 11.2. The summed E-state index contributed by atoms with van der Waals surface area (Å²) in [5.74, 6) is -0.295. The third kappa shape index (κ3) is 4.55. The second kappa shape index (κ2) is 6.52. The maximum Gasteiger partial charge on any atom is 0.335 e. The fraction of sp³-hybridized carbons (Fsp3) is 0.700. The fourth-order valence-electron chi connectivity index (χ4n) is 0.925. The molecule has 0 aliphatic heterocycles. The van der Waals surface area contributed by atoms with Crippen molar-refractivity contribution in [2.45, 2.75) is 40.0 Å². The summed E-state index contributed by atoms with van der Waals surface area (Å²) in [5.41, 5.74) is 6.92. The van der Waals surface area contributed by atoms with E-state index in [4.69, 9.17) is 10.5 Å². The quantitative estimate of drug-likeness (QED) is 0.526. The molecule has 13 heavy (non-hydrogen) atoms. The second-order valence-electron chi connectivity index (χ2n) is 2.97. The van der Waals surface area contributed by atoms with Gasteiger partial charge in [0.2, 0.25) is 0 Å². The minimum absolute atomic E-state index is 0.295. The Balaban J connectivity index is 4.15. The Hall–Kier alpha value is -0.990. The van der Waals surface area contributed by atoms with Crippen LogP contribution in [0.25, 0.3) is 0 Å². The number of ether oxygens (including phenoxy) is 1. The molecular weight excluding hydrogens is 166 g/mol. The molecular formula is C10H19NO2. The zero-order chi connectivity index (χ0) is 10.3. The van der Waals surface area contributed by atoms with Crippen LogP contribution in [0, 0.1) is 0 Å². The smallest absolute Gasteiger partial charge is 0.335 e. The first-order valence-corrected chi connectivity index (χ1v) is 4.75. The van der Waals surface area contributed by atoms with Gasteiger partial charge in [-0.05, 0) is 26.7 Å². The zero-order valence-electron chi connectivity index (χ0n) is 8.72. The predicted molar refractivity (Wildman–Crippen MR) is 53.0 cm³/mol. The summed E-state index contributed by atoms with van der Waals surface area (Å²) >= 11 is 0. The van der Waals surface area contributed by atoms with Crippen molar-refractivity contribution in [1.29, 1.82) is 0 Å². The third-order valence-electron chi connectivity index (χ3n) is 1.86. The van der Waals surface area contributed by atoms with Gasteiger partial charge >= 0.3 is 5.97 Å². The number of carbonyl (C=O) groups excluding carboxylic acids is 1. The van der Waals surface area contributed by atoms with Crippen LogP contribution < -0.4 is 5.73 Å². The Bertz CT molecular complexity index is 197. The van der Waals surface area contributed by atoms with Crippen LogP contribution in [0.1, 0.15) is 40.0 Å². The van der Waals surface area contributed by atoms with Crippen LogP contribution in [-0.2, 0) is 9.53 Å². The standard InChI is InChI=1S/C10H19NO2/c1-4-6-7-9(11)8(3)10(12)13-5-2/h4-7,11H2,1-3H3. The van der Waals surface area contributed by atoms with Gasteiger partial charge in [-0.15, -0.1) is 0 Å². The van der Waals surface area contributed by atoms with Gasteiger partial charge in [0, 0.05) is 5.70 Å². The average molecular weight is 185 g/mol. The van der Waals surface area contributed by atoms with Gasteiger partial charge in [0.25, 0.3) is 0 Å². The molecule has 0 aliphatic carbocycles. The topological polar surface area (TPSA) is 52.3 Å². The van der Waals surface area contributed by atoms with Gasteiger partial charge in [-0.25, -0.2) is 4.79 Å². The first-order valence-electron chi connectivity index (χ1n) is 4.75. The van der Waals surface area contributed by atoms with E-state index in [-0.39, 0.29) is 5.97 Å². The number of allylic oxidation sites excluding steroid dienone is 1. The minimum Gasteiger partial charge on any atom is -0.463 e. The molecule has 0 aromatic carbocycles. The van der Waals surface area contributed by atoms with Crippen molar-refractivity contribution in [2.75, 3.05) is 6.61 Å². The van der Waals surface area contributed by atoms with E-state index in [1.807, 2.05) is 0 Å². The van der Waals surface area contributed by atoms with E-state index < -0.39 is 0 Å². The van der Waals surface area contributed by atoms with Gasteiger partial charge in [-0.2, -0.15) is 0 Å². The first kappa shape index (κ1) is 12.0. The van der Waals surface area contributed by atoms with Crippen molar-refractivity contribution in [1.82, 2.24) is 0 Å². The molecule has 3 heteroatoms. The van der Waals surface area contributed by atoms with E-state index in [0.29, 0.717) is 17.9 Å². The van der Waals surface area contributed by atoms with Gasteiger partial charge in [0.05, 0.1) is 12.2 Å². The lowest BCUT2D eigenvalue weighted by Crippen LogP contribution is -2.12. The van der Waals surface area contributed by atoms with E-state index in [0.717, 1.165) is 19.3 Å². The summed E-state index contributed by atoms with van der Waals surface area (Å²) in [6.07, 6.45) is 2.88. The normalized spacial score (nSPS) is 12.2. The molecule has 0 radical (unpaired) electrons. The maximum absolute atomic E-state index is 11.2. The highest BCUT2D eigenvalue weighted by atomic mass is 16.5. The molecule has 0 bridgehead atoms. The van der Waals surface area contributed by atoms with Crippen LogP contribution in [0.5, 0.6) is 0 Å². The second-order valence-corrected chi connectivity index (χ2v) is 2.97. The highest BCUT2D eigenvalue weighted by Gasteiger charge is 2.08. The van der Waals surface area contributed by atoms with Crippen molar-refractivity contribution in [3.05, 3.63) is 11.3 Å². The lowest BCUT2D eigenvalue weighted by Gasteiger charge is -2.06. The number of hydrogen-bond donors (Lipinski definition) is 1. The van der Waals surface area contributed by atoms with Gasteiger partial charge in [-0.3, -0.25) is 0 Å². The van der Waals surface area contributed by atoms with Crippen LogP contribution in [0.15, 0.2) is 11.3 Å². The Morgan fingerprint density at radius 1 is 1.38 bits per heavy atom. The van der Waals surface area contributed by atoms with Crippen LogP contribution in [0.4, 0.5) is 0 Å². The van der Waals surface area contributed by atoms with E-state index in [2.05, 4.69) is 6.92 Å². The van der Waals surface area contributed by atoms with Crippen molar-refractivity contribution < 1.29 is 9.53 Å². The molecule has 0 unspecified atom stereocenters. The SMILES string of the molecule is CCCCC(N)=C(C)C(=O)OCC. The van der Waals surface area contributed by atoms with E-state index in [1.165, 1.54) is 0 Å². The van der Waals surface area contributed by atoms with Gasteiger partial charge < -0.3 is 10.5 Å². The zero-order valence-corrected chi connectivity index (χ0v) is 8.72. The molecule has 0 saturated carbocycles. The Kier molecular flexibility index (Phi) is 6.02. The molecule has 0 spiro atoms. The third-order valence-corrected chi connectivity index (χ3v) is 1.86.